The van der Waals surface area contributed by atoms with Crippen LogP contribution in [0.4, 0.5) is 23.1 Å². The molecule has 4 aromatic rings. The molecule has 9 nitrogen and oxygen atoms in total. The van der Waals surface area contributed by atoms with Gasteiger partial charge in [-0.2, -0.15) is 0 Å². The molecule has 3 aromatic heterocycles. The molecule has 0 saturated carbocycles. The molecule has 5 heterocycles. The number of hydrogen-bond acceptors (Lipinski definition) is 8. The van der Waals surface area contributed by atoms with Crippen LogP contribution in [0.25, 0.3) is 16.6 Å². The molecule has 2 aliphatic heterocycles. The Kier molecular flexibility index (Phi) is 3.81. The van der Waals surface area contributed by atoms with Gasteiger partial charge in [-0.15, -0.1) is 5.10 Å². The highest BCUT2D eigenvalue weighted by Gasteiger charge is 2.38. The highest BCUT2D eigenvalue weighted by atomic mass is 15.3. The van der Waals surface area contributed by atoms with Crippen LogP contribution >= 0.6 is 0 Å². The Hall–Kier alpha value is -3.72. The number of nitrogens with zero attached hydrogens (tertiary/aromatic N) is 6. The zero-order valence-electron chi connectivity index (χ0n) is 16.2. The van der Waals surface area contributed by atoms with Crippen molar-refractivity contribution in [2.45, 2.75) is 18.5 Å². The van der Waals surface area contributed by atoms with Gasteiger partial charge in [0.1, 0.15) is 11.6 Å². The number of fused-ring (bicyclic) bond motifs is 3. The number of anilines is 4. The quantitative estimate of drug-likeness (QED) is 0.448. The maximum absolute atomic E-state index is 6.09. The minimum atomic E-state index is 0.511. The Morgan fingerprint density at radius 2 is 2.07 bits per heavy atom. The first kappa shape index (κ1) is 17.2. The third kappa shape index (κ3) is 2.82. The molecular formula is C21H21N9. The van der Waals surface area contributed by atoms with Crippen molar-refractivity contribution in [2.75, 3.05) is 29.0 Å². The van der Waals surface area contributed by atoms with Gasteiger partial charge in [-0.1, -0.05) is 0 Å². The van der Waals surface area contributed by atoms with Crippen LogP contribution in [0.15, 0.2) is 55.1 Å². The molecule has 0 aliphatic carbocycles. The molecular weight excluding hydrogens is 378 g/mol. The first-order valence-electron chi connectivity index (χ1n) is 10.0. The van der Waals surface area contributed by atoms with Crippen LogP contribution in [0.3, 0.4) is 0 Å². The van der Waals surface area contributed by atoms with E-state index >= 15 is 0 Å². The summed E-state index contributed by atoms with van der Waals surface area (Å²) < 4.78 is 1.90. The summed E-state index contributed by atoms with van der Waals surface area (Å²) in [5.41, 5.74) is 8.64. The van der Waals surface area contributed by atoms with E-state index in [1.165, 1.54) is 6.42 Å². The second kappa shape index (κ2) is 6.67. The van der Waals surface area contributed by atoms with Crippen LogP contribution in [0.1, 0.15) is 6.42 Å². The molecule has 2 aliphatic rings. The van der Waals surface area contributed by atoms with Gasteiger partial charge in [-0.3, -0.25) is 4.98 Å². The van der Waals surface area contributed by atoms with Crippen LogP contribution in [0, 0.1) is 0 Å². The fraction of sp³-hybridized carbons (Fsp3) is 0.238. The number of pyridine rings is 1. The number of nitrogen functional groups attached to an aromatic ring is 1. The number of piperazine rings is 1. The van der Waals surface area contributed by atoms with Gasteiger partial charge in [0.25, 0.3) is 0 Å². The van der Waals surface area contributed by atoms with Crippen molar-refractivity contribution in [3.8, 4) is 5.69 Å². The summed E-state index contributed by atoms with van der Waals surface area (Å²) >= 11 is 0. The molecule has 2 atom stereocenters. The number of aromatic nitrogens is 5. The molecule has 9 heteroatoms. The van der Waals surface area contributed by atoms with E-state index in [2.05, 4.69) is 36.6 Å². The Morgan fingerprint density at radius 3 is 2.87 bits per heavy atom. The Bertz CT molecular complexity index is 1220. The van der Waals surface area contributed by atoms with Gasteiger partial charge in [0.2, 0.25) is 0 Å². The zero-order valence-corrected chi connectivity index (χ0v) is 16.2. The van der Waals surface area contributed by atoms with Crippen molar-refractivity contribution >= 4 is 34.0 Å². The van der Waals surface area contributed by atoms with Crippen molar-refractivity contribution in [3.63, 3.8) is 0 Å². The molecule has 0 unspecified atom stereocenters. The summed E-state index contributed by atoms with van der Waals surface area (Å²) in [4.78, 5) is 15.4. The van der Waals surface area contributed by atoms with Crippen molar-refractivity contribution < 1.29 is 0 Å². The predicted octanol–water partition coefficient (Wildman–Crippen LogP) is 2.09. The number of nitrogens with one attached hydrogen (secondary N) is 2. The van der Waals surface area contributed by atoms with Crippen LogP contribution in [-0.2, 0) is 0 Å². The highest BCUT2D eigenvalue weighted by molar-refractivity contribution is 5.94. The topological polar surface area (TPSA) is 110 Å². The fourth-order valence-electron chi connectivity index (χ4n) is 4.44. The lowest BCUT2D eigenvalue weighted by atomic mass is 10.2. The molecule has 2 bridgehead atoms. The van der Waals surface area contributed by atoms with E-state index in [1.807, 2.05) is 35.1 Å². The summed E-state index contributed by atoms with van der Waals surface area (Å²) in [5, 5.41) is 12.6. The average Bonchev–Trinajstić information content (AvgIpc) is 3.49. The minimum Gasteiger partial charge on any atom is -0.399 e. The van der Waals surface area contributed by atoms with Crippen molar-refractivity contribution in [1.82, 2.24) is 30.0 Å². The molecule has 0 amide bonds. The van der Waals surface area contributed by atoms with Gasteiger partial charge in [-0.25, -0.2) is 14.6 Å². The summed E-state index contributed by atoms with van der Waals surface area (Å²) in [6, 6.07) is 10.9. The molecule has 150 valence electrons. The molecule has 30 heavy (non-hydrogen) atoms. The van der Waals surface area contributed by atoms with E-state index in [0.717, 1.165) is 35.5 Å². The molecule has 1 aromatic carbocycles. The number of nitrogens with two attached hydrogens (primary N) is 1. The SMILES string of the molecule is Nc1ccc2c(Nc3cnccn3)nn(-c3ccnc(N4C[C@@H]5C[C@H]4CN5)c3)c2c1. The smallest absolute Gasteiger partial charge is 0.162 e. The van der Waals surface area contributed by atoms with Gasteiger partial charge >= 0.3 is 0 Å². The minimum absolute atomic E-state index is 0.511. The van der Waals surface area contributed by atoms with Crippen LogP contribution in [-0.4, -0.2) is 49.9 Å². The van der Waals surface area contributed by atoms with Crippen molar-refractivity contribution in [3.05, 3.63) is 55.1 Å². The van der Waals surface area contributed by atoms with E-state index < -0.39 is 0 Å². The summed E-state index contributed by atoms with van der Waals surface area (Å²) in [5.74, 6) is 2.32. The van der Waals surface area contributed by atoms with E-state index in [4.69, 9.17) is 10.8 Å². The Labute approximate surface area is 173 Å². The normalized spacial score (nSPS) is 20.2. The lowest BCUT2D eigenvalue weighted by Crippen LogP contribution is -2.44. The maximum atomic E-state index is 6.09. The van der Waals surface area contributed by atoms with E-state index in [9.17, 15) is 0 Å². The molecule has 2 fully saturated rings. The van der Waals surface area contributed by atoms with Gasteiger partial charge in [0, 0.05) is 60.9 Å². The van der Waals surface area contributed by atoms with Crippen molar-refractivity contribution in [1.29, 1.82) is 0 Å². The lowest BCUT2D eigenvalue weighted by Gasteiger charge is -2.28. The first-order chi connectivity index (χ1) is 14.7. The Morgan fingerprint density at radius 1 is 1.10 bits per heavy atom. The third-order valence-corrected chi connectivity index (χ3v) is 5.84. The van der Waals surface area contributed by atoms with Crippen LogP contribution in [0.5, 0.6) is 0 Å². The molecule has 2 saturated heterocycles. The van der Waals surface area contributed by atoms with Crippen LogP contribution in [0.2, 0.25) is 0 Å². The van der Waals surface area contributed by atoms with Gasteiger partial charge in [0.05, 0.1) is 17.4 Å². The molecule has 4 N–H and O–H groups in total. The monoisotopic (exact) mass is 399 g/mol. The molecule has 0 spiro atoms. The second-order valence-corrected chi connectivity index (χ2v) is 7.77. The third-order valence-electron chi connectivity index (χ3n) is 5.84. The summed E-state index contributed by atoms with van der Waals surface area (Å²) in [6.07, 6.45) is 7.98. The molecule has 0 radical (unpaired) electrons. The molecule has 6 rings (SSSR count). The first-order valence-corrected chi connectivity index (χ1v) is 10.0. The zero-order chi connectivity index (χ0) is 20.1. The maximum Gasteiger partial charge on any atom is 0.162 e. The van der Waals surface area contributed by atoms with Crippen LogP contribution < -0.4 is 21.3 Å². The van der Waals surface area contributed by atoms with Gasteiger partial charge in [-0.05, 0) is 30.7 Å². The largest absolute Gasteiger partial charge is 0.399 e. The highest BCUT2D eigenvalue weighted by Crippen LogP contribution is 2.32. The standard InChI is InChI=1S/C21H21N9/c22-13-1-2-17-18(7-13)30(28-21(17)27-19-11-23-5-6-24-19)15-3-4-25-20(9-15)29-12-14-8-16(29)10-26-14/h1-7,9,11,14,16,26H,8,10,12,22H2,(H,24,27,28)/t14-,16-/m0/s1. The number of benzene rings is 1. The van der Waals surface area contributed by atoms with Crippen molar-refractivity contribution in [2.24, 2.45) is 0 Å². The lowest BCUT2D eigenvalue weighted by molar-refractivity contribution is 0.576. The Balaban J connectivity index is 1.43. The number of hydrogen-bond donors (Lipinski definition) is 3. The predicted molar refractivity (Wildman–Crippen MR) is 116 cm³/mol. The number of rotatable bonds is 4. The summed E-state index contributed by atoms with van der Waals surface area (Å²) in [6.45, 7) is 2.01. The van der Waals surface area contributed by atoms with Gasteiger partial charge in [0.15, 0.2) is 5.82 Å². The van der Waals surface area contributed by atoms with Gasteiger partial charge < -0.3 is 21.3 Å². The van der Waals surface area contributed by atoms with E-state index in [0.29, 0.717) is 29.4 Å². The fourth-order valence-corrected chi connectivity index (χ4v) is 4.44. The van der Waals surface area contributed by atoms with E-state index in [-0.39, 0.29) is 0 Å². The second-order valence-electron chi connectivity index (χ2n) is 7.77. The summed E-state index contributed by atoms with van der Waals surface area (Å²) in [7, 11) is 0. The average molecular weight is 399 g/mol. The van der Waals surface area contributed by atoms with E-state index in [1.54, 1.807) is 18.6 Å².